The molecule has 0 atom stereocenters. The average molecular weight is 231 g/mol. The summed E-state index contributed by atoms with van der Waals surface area (Å²) < 4.78 is 2.04. The Morgan fingerprint density at radius 2 is 1.82 bits per heavy atom. The van der Waals surface area contributed by atoms with E-state index in [1.54, 1.807) is 0 Å². The van der Waals surface area contributed by atoms with E-state index in [2.05, 4.69) is 50.8 Å². The van der Waals surface area contributed by atoms with Gasteiger partial charge in [0.15, 0.2) is 5.65 Å². The van der Waals surface area contributed by atoms with Gasteiger partial charge in [-0.2, -0.15) is 5.10 Å². The number of rotatable bonds is 3. The highest BCUT2D eigenvalue weighted by molar-refractivity contribution is 5.50. The molecule has 0 unspecified atom stereocenters. The van der Waals surface area contributed by atoms with Crippen LogP contribution >= 0.6 is 0 Å². The number of nitrogens with zero attached hydrogens (tertiary/aromatic N) is 3. The molecule has 3 heteroatoms. The molecular formula is C14H21N3. The van der Waals surface area contributed by atoms with E-state index in [9.17, 15) is 0 Å². The number of fused-ring (bicyclic) bond motifs is 1. The minimum atomic E-state index is 0.567. The highest BCUT2D eigenvalue weighted by Crippen LogP contribution is 2.25. The van der Waals surface area contributed by atoms with Crippen molar-refractivity contribution < 1.29 is 0 Å². The molecule has 2 aromatic rings. The molecule has 2 rings (SSSR count). The monoisotopic (exact) mass is 231 g/mol. The number of hydrogen-bond donors (Lipinski definition) is 0. The van der Waals surface area contributed by atoms with E-state index in [0.29, 0.717) is 5.92 Å². The van der Waals surface area contributed by atoms with Crippen molar-refractivity contribution in [2.75, 3.05) is 0 Å². The molecular weight excluding hydrogens is 210 g/mol. The minimum absolute atomic E-state index is 0.567. The van der Waals surface area contributed by atoms with Gasteiger partial charge in [-0.1, -0.05) is 13.8 Å². The lowest BCUT2D eigenvalue weighted by atomic mass is 9.98. The first-order valence-corrected chi connectivity index (χ1v) is 6.41. The minimum Gasteiger partial charge on any atom is -0.234 e. The maximum Gasteiger partial charge on any atom is 0.158 e. The Morgan fingerprint density at radius 1 is 1.18 bits per heavy atom. The maximum absolute atomic E-state index is 4.62. The van der Waals surface area contributed by atoms with Crippen molar-refractivity contribution in [1.29, 1.82) is 0 Å². The molecule has 0 aromatic carbocycles. The Morgan fingerprint density at radius 3 is 2.41 bits per heavy atom. The summed E-state index contributed by atoms with van der Waals surface area (Å²) in [6, 6.07) is 2.18. The van der Waals surface area contributed by atoms with Gasteiger partial charge in [0.1, 0.15) is 0 Å². The van der Waals surface area contributed by atoms with E-state index in [0.717, 1.165) is 29.9 Å². The van der Waals surface area contributed by atoms with Crippen molar-refractivity contribution >= 4 is 5.65 Å². The van der Waals surface area contributed by atoms with Gasteiger partial charge in [-0.3, -0.25) is 0 Å². The van der Waals surface area contributed by atoms with Crippen LogP contribution in [-0.2, 0) is 0 Å². The molecule has 2 aromatic heterocycles. The molecule has 0 amide bonds. The standard InChI is InChI=1S/C14H21N3/c1-6-12(7-2)13-8-9(3)15-14-10(4)11(5)16-17(13)14/h8,12H,6-7H2,1-5H3. The zero-order chi connectivity index (χ0) is 12.6. The molecule has 0 aliphatic heterocycles. The lowest BCUT2D eigenvalue weighted by molar-refractivity contribution is 0.598. The first kappa shape index (κ1) is 12.1. The van der Waals surface area contributed by atoms with Gasteiger partial charge in [0.25, 0.3) is 0 Å². The van der Waals surface area contributed by atoms with Crippen LogP contribution in [-0.4, -0.2) is 14.6 Å². The quantitative estimate of drug-likeness (QED) is 0.808. The maximum atomic E-state index is 4.62. The molecule has 0 aliphatic rings. The van der Waals surface area contributed by atoms with E-state index in [1.807, 2.05) is 4.52 Å². The number of hydrogen-bond acceptors (Lipinski definition) is 2. The van der Waals surface area contributed by atoms with Crippen molar-refractivity contribution in [3.8, 4) is 0 Å². The van der Waals surface area contributed by atoms with Crippen molar-refractivity contribution in [3.05, 3.63) is 28.7 Å². The Bertz CT molecular complexity index is 536. The second-order valence-corrected chi connectivity index (χ2v) is 4.78. The Hall–Kier alpha value is -1.38. The summed E-state index contributed by atoms with van der Waals surface area (Å²) in [5.41, 5.74) is 5.68. The smallest absolute Gasteiger partial charge is 0.158 e. The van der Waals surface area contributed by atoms with E-state index in [4.69, 9.17) is 0 Å². The fraction of sp³-hybridized carbons (Fsp3) is 0.571. The topological polar surface area (TPSA) is 30.2 Å². The molecule has 0 fully saturated rings. The van der Waals surface area contributed by atoms with Gasteiger partial charge in [-0.25, -0.2) is 9.50 Å². The predicted octanol–water partition coefficient (Wildman–Crippen LogP) is 3.56. The van der Waals surface area contributed by atoms with Crippen LogP contribution in [0, 0.1) is 20.8 Å². The van der Waals surface area contributed by atoms with Crippen LogP contribution in [0.2, 0.25) is 0 Å². The third-order valence-corrected chi connectivity index (χ3v) is 3.62. The van der Waals surface area contributed by atoms with Gasteiger partial charge in [-0.15, -0.1) is 0 Å². The Labute approximate surface area is 103 Å². The molecule has 0 bridgehead atoms. The summed E-state index contributed by atoms with van der Waals surface area (Å²) in [6.45, 7) is 10.7. The third-order valence-electron chi connectivity index (χ3n) is 3.62. The predicted molar refractivity (Wildman–Crippen MR) is 70.5 cm³/mol. The highest BCUT2D eigenvalue weighted by Gasteiger charge is 2.16. The summed E-state index contributed by atoms with van der Waals surface area (Å²) >= 11 is 0. The van der Waals surface area contributed by atoms with Gasteiger partial charge in [0.05, 0.1) is 5.69 Å². The normalized spacial score (nSPS) is 11.6. The first-order chi connectivity index (χ1) is 8.08. The highest BCUT2D eigenvalue weighted by atomic mass is 15.3. The van der Waals surface area contributed by atoms with Gasteiger partial charge in [-0.05, 0) is 39.7 Å². The lowest BCUT2D eigenvalue weighted by Gasteiger charge is -2.14. The van der Waals surface area contributed by atoms with Crippen LogP contribution in [0.25, 0.3) is 5.65 Å². The Balaban J connectivity index is 2.73. The van der Waals surface area contributed by atoms with Crippen molar-refractivity contribution in [2.24, 2.45) is 0 Å². The first-order valence-electron chi connectivity index (χ1n) is 6.41. The van der Waals surface area contributed by atoms with Gasteiger partial charge < -0.3 is 0 Å². The van der Waals surface area contributed by atoms with Gasteiger partial charge in [0, 0.05) is 22.9 Å². The van der Waals surface area contributed by atoms with E-state index in [-0.39, 0.29) is 0 Å². The zero-order valence-electron chi connectivity index (χ0n) is 11.4. The number of aryl methyl sites for hydroxylation is 3. The van der Waals surface area contributed by atoms with Crippen molar-refractivity contribution in [3.63, 3.8) is 0 Å². The molecule has 0 N–H and O–H groups in total. The van der Waals surface area contributed by atoms with Crippen LogP contribution in [0.4, 0.5) is 0 Å². The largest absolute Gasteiger partial charge is 0.234 e. The second-order valence-electron chi connectivity index (χ2n) is 4.78. The molecule has 0 saturated carbocycles. The fourth-order valence-corrected chi connectivity index (χ4v) is 2.38. The molecule has 3 nitrogen and oxygen atoms in total. The second kappa shape index (κ2) is 4.47. The van der Waals surface area contributed by atoms with E-state index < -0.39 is 0 Å². The van der Waals surface area contributed by atoms with Crippen LogP contribution in [0.5, 0.6) is 0 Å². The van der Waals surface area contributed by atoms with Crippen LogP contribution < -0.4 is 0 Å². The van der Waals surface area contributed by atoms with Crippen LogP contribution in [0.15, 0.2) is 6.07 Å². The lowest BCUT2D eigenvalue weighted by Crippen LogP contribution is -2.07. The van der Waals surface area contributed by atoms with E-state index >= 15 is 0 Å². The molecule has 17 heavy (non-hydrogen) atoms. The molecule has 2 heterocycles. The number of aromatic nitrogens is 3. The SMILES string of the molecule is CCC(CC)c1cc(C)nc2c(C)c(C)nn12. The van der Waals surface area contributed by atoms with Gasteiger partial charge >= 0.3 is 0 Å². The fourth-order valence-electron chi connectivity index (χ4n) is 2.38. The molecule has 0 spiro atoms. The van der Waals surface area contributed by atoms with Crippen molar-refractivity contribution in [2.45, 2.75) is 53.4 Å². The van der Waals surface area contributed by atoms with Crippen LogP contribution in [0.1, 0.15) is 55.3 Å². The Kier molecular flexibility index (Phi) is 3.18. The molecule has 0 saturated heterocycles. The van der Waals surface area contributed by atoms with Gasteiger partial charge in [0.2, 0.25) is 0 Å². The summed E-state index contributed by atoms with van der Waals surface area (Å²) in [4.78, 5) is 4.61. The summed E-state index contributed by atoms with van der Waals surface area (Å²) in [5.74, 6) is 0.567. The molecule has 0 radical (unpaired) electrons. The zero-order valence-corrected chi connectivity index (χ0v) is 11.4. The summed E-state index contributed by atoms with van der Waals surface area (Å²) in [7, 11) is 0. The van der Waals surface area contributed by atoms with Crippen molar-refractivity contribution in [1.82, 2.24) is 14.6 Å². The summed E-state index contributed by atoms with van der Waals surface area (Å²) in [5, 5.41) is 4.62. The molecule has 92 valence electrons. The summed E-state index contributed by atoms with van der Waals surface area (Å²) in [6.07, 6.45) is 2.29. The van der Waals surface area contributed by atoms with Crippen LogP contribution in [0.3, 0.4) is 0 Å². The molecule has 0 aliphatic carbocycles. The average Bonchev–Trinajstić information content (AvgIpc) is 2.58. The van der Waals surface area contributed by atoms with E-state index in [1.165, 1.54) is 11.3 Å². The third kappa shape index (κ3) is 1.94.